The summed E-state index contributed by atoms with van der Waals surface area (Å²) in [4.78, 5) is 4.46. The van der Waals surface area contributed by atoms with E-state index in [1.807, 2.05) is 0 Å². The highest BCUT2D eigenvalue weighted by Crippen LogP contribution is 1.95. The van der Waals surface area contributed by atoms with Crippen LogP contribution in [-0.2, 0) is 4.84 Å². The van der Waals surface area contributed by atoms with Gasteiger partial charge in [0.2, 0.25) is 0 Å². The quantitative estimate of drug-likeness (QED) is 0.409. The van der Waals surface area contributed by atoms with E-state index in [1.54, 1.807) is 0 Å². The molecule has 0 saturated carbocycles. The molecule has 0 aliphatic carbocycles. The van der Waals surface area contributed by atoms with Gasteiger partial charge in [-0.3, -0.25) is 4.84 Å². The smallest absolute Gasteiger partial charge is 0.175 e. The van der Waals surface area contributed by atoms with Gasteiger partial charge in [0, 0.05) is 13.0 Å². The summed E-state index contributed by atoms with van der Waals surface area (Å²) in [5.41, 5.74) is 2.52. The number of rotatable bonds is 0. The summed E-state index contributed by atoms with van der Waals surface area (Å²) in [5.74, 6) is 0. The highest BCUT2D eigenvalue weighted by atomic mass is 16.7. The molecule has 2 N–H and O–H groups in total. The van der Waals surface area contributed by atoms with Crippen molar-refractivity contribution in [3.8, 4) is 0 Å². The van der Waals surface area contributed by atoms with Crippen LogP contribution >= 0.6 is 0 Å². The zero-order valence-electron chi connectivity index (χ0n) is 3.35. The molecule has 1 aliphatic heterocycles. The van der Waals surface area contributed by atoms with Crippen LogP contribution < -0.4 is 5.48 Å². The van der Waals surface area contributed by atoms with Gasteiger partial charge in [0.1, 0.15) is 0 Å². The first-order chi connectivity index (χ1) is 2.89. The van der Waals surface area contributed by atoms with Gasteiger partial charge in [0.05, 0.1) is 0 Å². The van der Waals surface area contributed by atoms with Gasteiger partial charge in [-0.25, -0.2) is 0 Å². The van der Waals surface area contributed by atoms with Crippen molar-refractivity contribution in [1.29, 1.82) is 0 Å². The molecule has 3 nitrogen and oxygen atoms in total. The van der Waals surface area contributed by atoms with Crippen LogP contribution in [0, 0.1) is 0 Å². The lowest BCUT2D eigenvalue weighted by atomic mass is 10.5. The maximum absolute atomic E-state index is 8.44. The fourth-order valence-corrected chi connectivity index (χ4v) is 0.396. The molecule has 36 valence electrons. The van der Waals surface area contributed by atoms with E-state index in [1.165, 1.54) is 0 Å². The normalized spacial score (nSPS) is 34.5. The molecule has 1 aliphatic rings. The summed E-state index contributed by atoms with van der Waals surface area (Å²) in [5, 5.41) is 8.44. The summed E-state index contributed by atoms with van der Waals surface area (Å²) in [6, 6.07) is 0. The second kappa shape index (κ2) is 1.55. The van der Waals surface area contributed by atoms with Crippen LogP contribution in [0.4, 0.5) is 0 Å². The van der Waals surface area contributed by atoms with E-state index in [9.17, 15) is 0 Å². The Balaban J connectivity index is 2.18. The molecule has 0 aromatic rings. The van der Waals surface area contributed by atoms with Crippen LogP contribution in [0.5, 0.6) is 0 Å². The van der Waals surface area contributed by atoms with Gasteiger partial charge in [-0.2, -0.15) is 5.48 Å². The molecule has 0 aromatic heterocycles. The summed E-state index contributed by atoms with van der Waals surface area (Å²) in [7, 11) is 0. The highest BCUT2D eigenvalue weighted by Gasteiger charge is 2.08. The van der Waals surface area contributed by atoms with Crippen molar-refractivity contribution in [2.24, 2.45) is 0 Å². The van der Waals surface area contributed by atoms with Crippen LogP contribution in [0.15, 0.2) is 0 Å². The van der Waals surface area contributed by atoms with E-state index in [-0.39, 0.29) is 0 Å². The minimum atomic E-state index is -0.565. The van der Waals surface area contributed by atoms with Crippen LogP contribution in [0.3, 0.4) is 0 Å². The molecule has 0 spiro atoms. The fraction of sp³-hybridized carbons (Fsp3) is 1.00. The van der Waals surface area contributed by atoms with Gasteiger partial charge in [-0.05, 0) is 0 Å². The van der Waals surface area contributed by atoms with Crippen LogP contribution in [0.1, 0.15) is 6.42 Å². The Morgan fingerprint density at radius 1 is 1.83 bits per heavy atom. The van der Waals surface area contributed by atoms with Crippen LogP contribution in [0.25, 0.3) is 0 Å². The molecule has 1 rings (SSSR count). The van der Waals surface area contributed by atoms with E-state index in [0.717, 1.165) is 6.54 Å². The number of nitrogens with one attached hydrogen (secondary N) is 1. The lowest BCUT2D eigenvalue weighted by Crippen LogP contribution is -2.07. The molecular weight excluding hydrogens is 82.0 g/mol. The first kappa shape index (κ1) is 4.05. The number of hydroxylamine groups is 1. The molecule has 1 saturated heterocycles. The average molecular weight is 89.1 g/mol. The monoisotopic (exact) mass is 89.0 g/mol. The predicted octanol–water partition coefficient (Wildman–Crippen LogP) is -0.770. The minimum absolute atomic E-state index is 0.565. The summed E-state index contributed by atoms with van der Waals surface area (Å²) in [6.07, 6.45) is 0.144. The average Bonchev–Trinajstić information content (AvgIpc) is 1.86. The topological polar surface area (TPSA) is 41.5 Å². The van der Waals surface area contributed by atoms with Crippen molar-refractivity contribution >= 4 is 0 Å². The molecule has 3 heteroatoms. The molecular formula is C3H7NO2. The van der Waals surface area contributed by atoms with Crippen molar-refractivity contribution < 1.29 is 9.94 Å². The van der Waals surface area contributed by atoms with E-state index >= 15 is 0 Å². The second-order valence-electron chi connectivity index (χ2n) is 1.26. The number of aliphatic hydroxyl groups is 1. The summed E-state index contributed by atoms with van der Waals surface area (Å²) >= 11 is 0. The lowest BCUT2D eigenvalue weighted by Gasteiger charge is -1.92. The Morgan fingerprint density at radius 2 is 2.67 bits per heavy atom. The largest absolute Gasteiger partial charge is 0.366 e. The first-order valence-electron chi connectivity index (χ1n) is 1.96. The lowest BCUT2D eigenvalue weighted by molar-refractivity contribution is -0.0994. The zero-order valence-corrected chi connectivity index (χ0v) is 3.35. The standard InChI is InChI=1S/C3H7NO2/c5-3-1-2-4-6-3/h3-5H,1-2H2. The molecule has 1 fully saturated rings. The van der Waals surface area contributed by atoms with Gasteiger partial charge in [-0.1, -0.05) is 0 Å². The van der Waals surface area contributed by atoms with Gasteiger partial charge < -0.3 is 5.11 Å². The zero-order chi connectivity index (χ0) is 4.41. The van der Waals surface area contributed by atoms with E-state index in [0.29, 0.717) is 6.42 Å². The van der Waals surface area contributed by atoms with Crippen molar-refractivity contribution in [2.75, 3.05) is 6.54 Å². The number of hydrogen-bond acceptors (Lipinski definition) is 3. The minimum Gasteiger partial charge on any atom is -0.366 e. The van der Waals surface area contributed by atoms with Crippen LogP contribution in [-0.4, -0.2) is 17.9 Å². The third kappa shape index (κ3) is 0.680. The molecule has 6 heavy (non-hydrogen) atoms. The van der Waals surface area contributed by atoms with E-state index in [4.69, 9.17) is 5.11 Å². The third-order valence-electron chi connectivity index (χ3n) is 0.713. The Labute approximate surface area is 35.9 Å². The number of aliphatic hydroxyl groups excluding tert-OH is 1. The van der Waals surface area contributed by atoms with Crippen molar-refractivity contribution in [2.45, 2.75) is 12.7 Å². The maximum atomic E-state index is 8.44. The highest BCUT2D eigenvalue weighted by molar-refractivity contribution is 4.47. The molecule has 1 unspecified atom stereocenters. The SMILES string of the molecule is OC1CCNO1. The van der Waals surface area contributed by atoms with Crippen molar-refractivity contribution in [3.05, 3.63) is 0 Å². The molecule has 0 amide bonds. The van der Waals surface area contributed by atoms with E-state index in [2.05, 4.69) is 10.3 Å². The molecule has 0 aromatic carbocycles. The van der Waals surface area contributed by atoms with Gasteiger partial charge in [0.25, 0.3) is 0 Å². The molecule has 0 radical (unpaired) electrons. The Kier molecular flexibility index (Phi) is 1.05. The van der Waals surface area contributed by atoms with Crippen LogP contribution in [0.2, 0.25) is 0 Å². The first-order valence-corrected chi connectivity index (χ1v) is 1.96. The Morgan fingerprint density at radius 3 is 2.83 bits per heavy atom. The second-order valence-corrected chi connectivity index (χ2v) is 1.26. The molecule has 0 bridgehead atoms. The van der Waals surface area contributed by atoms with E-state index < -0.39 is 6.29 Å². The number of hydrogen-bond donors (Lipinski definition) is 2. The molecule has 1 heterocycles. The van der Waals surface area contributed by atoms with Gasteiger partial charge >= 0.3 is 0 Å². The van der Waals surface area contributed by atoms with Gasteiger partial charge in [0.15, 0.2) is 6.29 Å². The maximum Gasteiger partial charge on any atom is 0.175 e. The Hall–Kier alpha value is -0.120. The Bertz CT molecular complexity index is 42.1. The predicted molar refractivity (Wildman–Crippen MR) is 19.7 cm³/mol. The molecule has 1 atom stereocenters. The summed E-state index contributed by atoms with van der Waals surface area (Å²) < 4.78 is 0. The third-order valence-corrected chi connectivity index (χ3v) is 0.713. The van der Waals surface area contributed by atoms with Crippen molar-refractivity contribution in [3.63, 3.8) is 0 Å². The van der Waals surface area contributed by atoms with Gasteiger partial charge in [-0.15, -0.1) is 0 Å². The fourth-order valence-electron chi connectivity index (χ4n) is 0.396. The summed E-state index contributed by atoms with van der Waals surface area (Å²) in [6.45, 7) is 0.765. The van der Waals surface area contributed by atoms with Crippen molar-refractivity contribution in [1.82, 2.24) is 5.48 Å².